The second kappa shape index (κ2) is 6.43. The maximum Gasteiger partial charge on any atom is 0.134 e. The molecule has 0 aliphatic carbocycles. The van der Waals surface area contributed by atoms with Gasteiger partial charge >= 0.3 is 0 Å². The van der Waals surface area contributed by atoms with Crippen LogP contribution in [0.3, 0.4) is 0 Å². The first-order chi connectivity index (χ1) is 12.1. The third-order valence-corrected chi connectivity index (χ3v) is 4.29. The topological polar surface area (TPSA) is 55.7 Å². The molecule has 2 aromatic heterocycles. The molecule has 25 heavy (non-hydrogen) atoms. The van der Waals surface area contributed by atoms with Crippen LogP contribution < -0.4 is 4.74 Å². The standard InChI is InChI=1S/C18H14Cl2N4O/c1-11-18(10-25-16-2-3-17-12(6-16)4-5-21-17)23-24(22-11)15-8-13(19)7-14(20)9-15/h2-9,21H,10H2,1H3. The smallest absolute Gasteiger partial charge is 0.134 e. The third kappa shape index (κ3) is 3.34. The second-order valence-electron chi connectivity index (χ2n) is 5.66. The Kier molecular flexibility index (Phi) is 4.11. The fraction of sp³-hybridized carbons (Fsp3) is 0.111. The predicted octanol–water partition coefficient (Wildman–Crippen LogP) is 4.94. The number of rotatable bonds is 4. The van der Waals surface area contributed by atoms with E-state index in [-0.39, 0.29) is 0 Å². The van der Waals surface area contributed by atoms with Crippen molar-refractivity contribution in [2.75, 3.05) is 0 Å². The molecule has 0 amide bonds. The summed E-state index contributed by atoms with van der Waals surface area (Å²) in [5.41, 5.74) is 3.33. The number of ether oxygens (including phenoxy) is 1. The van der Waals surface area contributed by atoms with E-state index < -0.39 is 0 Å². The van der Waals surface area contributed by atoms with E-state index in [1.165, 1.54) is 4.80 Å². The molecule has 7 heteroatoms. The van der Waals surface area contributed by atoms with Crippen LogP contribution in [-0.2, 0) is 6.61 Å². The van der Waals surface area contributed by atoms with Gasteiger partial charge in [-0.05, 0) is 49.4 Å². The summed E-state index contributed by atoms with van der Waals surface area (Å²) in [6.07, 6.45) is 1.90. The number of nitrogens with one attached hydrogen (secondary N) is 1. The molecule has 0 spiro atoms. The SMILES string of the molecule is Cc1nn(-c2cc(Cl)cc(Cl)c2)nc1COc1ccc2[nH]ccc2c1. The fourth-order valence-corrected chi connectivity index (χ4v) is 3.10. The zero-order valence-electron chi connectivity index (χ0n) is 13.3. The van der Waals surface area contributed by atoms with Crippen LogP contribution in [0.1, 0.15) is 11.4 Å². The number of hydrogen-bond donors (Lipinski definition) is 1. The Hall–Kier alpha value is -2.50. The lowest BCUT2D eigenvalue weighted by molar-refractivity contribution is 0.300. The predicted molar refractivity (Wildman–Crippen MR) is 98.7 cm³/mol. The number of H-pyrrole nitrogens is 1. The zero-order chi connectivity index (χ0) is 17.4. The molecule has 0 aliphatic rings. The van der Waals surface area contributed by atoms with Crippen molar-refractivity contribution in [2.45, 2.75) is 13.5 Å². The maximum atomic E-state index is 6.05. The van der Waals surface area contributed by atoms with E-state index in [4.69, 9.17) is 27.9 Å². The van der Waals surface area contributed by atoms with Gasteiger partial charge in [-0.2, -0.15) is 9.90 Å². The number of benzene rings is 2. The molecule has 0 fully saturated rings. The van der Waals surface area contributed by atoms with Gasteiger partial charge in [0.1, 0.15) is 18.1 Å². The minimum absolute atomic E-state index is 0.329. The Morgan fingerprint density at radius 2 is 1.84 bits per heavy atom. The third-order valence-electron chi connectivity index (χ3n) is 3.86. The van der Waals surface area contributed by atoms with Gasteiger partial charge in [0, 0.05) is 27.1 Å². The molecule has 0 bridgehead atoms. The Labute approximate surface area is 154 Å². The fourth-order valence-electron chi connectivity index (χ4n) is 2.59. The van der Waals surface area contributed by atoms with Crippen LogP contribution in [0.4, 0.5) is 0 Å². The average molecular weight is 373 g/mol. The lowest BCUT2D eigenvalue weighted by Gasteiger charge is -2.04. The summed E-state index contributed by atoms with van der Waals surface area (Å²) in [5, 5.41) is 11.1. The van der Waals surface area contributed by atoms with Gasteiger partial charge < -0.3 is 9.72 Å². The molecule has 4 rings (SSSR count). The molecule has 5 nitrogen and oxygen atoms in total. The number of aromatic nitrogens is 4. The van der Waals surface area contributed by atoms with Crippen LogP contribution in [0.25, 0.3) is 16.6 Å². The van der Waals surface area contributed by atoms with Gasteiger partial charge in [0.15, 0.2) is 0 Å². The van der Waals surface area contributed by atoms with Crippen molar-refractivity contribution >= 4 is 34.1 Å². The van der Waals surface area contributed by atoms with Crippen LogP contribution in [0.2, 0.25) is 10.0 Å². The zero-order valence-corrected chi connectivity index (χ0v) is 14.8. The molecule has 0 saturated heterocycles. The first-order valence-corrected chi connectivity index (χ1v) is 8.43. The number of nitrogens with zero attached hydrogens (tertiary/aromatic N) is 3. The van der Waals surface area contributed by atoms with Crippen LogP contribution in [-0.4, -0.2) is 20.0 Å². The quantitative estimate of drug-likeness (QED) is 0.551. The van der Waals surface area contributed by atoms with Gasteiger partial charge in [-0.1, -0.05) is 23.2 Å². The largest absolute Gasteiger partial charge is 0.487 e. The highest BCUT2D eigenvalue weighted by molar-refractivity contribution is 6.34. The first kappa shape index (κ1) is 16.0. The molecule has 0 aliphatic heterocycles. The summed E-state index contributed by atoms with van der Waals surface area (Å²) in [4.78, 5) is 4.67. The Morgan fingerprint density at radius 1 is 1.04 bits per heavy atom. The van der Waals surface area contributed by atoms with Crippen LogP contribution in [0.15, 0.2) is 48.7 Å². The monoisotopic (exact) mass is 372 g/mol. The number of hydrogen-bond acceptors (Lipinski definition) is 3. The lowest BCUT2D eigenvalue weighted by Crippen LogP contribution is -2.01. The van der Waals surface area contributed by atoms with E-state index in [9.17, 15) is 0 Å². The van der Waals surface area contributed by atoms with Gasteiger partial charge in [-0.3, -0.25) is 0 Å². The van der Waals surface area contributed by atoms with Crippen LogP contribution in [0.5, 0.6) is 5.75 Å². The summed E-state index contributed by atoms with van der Waals surface area (Å²) in [5.74, 6) is 0.784. The van der Waals surface area contributed by atoms with Crippen molar-refractivity contribution in [1.82, 2.24) is 20.0 Å². The van der Waals surface area contributed by atoms with E-state index >= 15 is 0 Å². The van der Waals surface area contributed by atoms with E-state index in [0.29, 0.717) is 22.3 Å². The molecular weight excluding hydrogens is 359 g/mol. The van der Waals surface area contributed by atoms with Gasteiger partial charge in [0.2, 0.25) is 0 Å². The highest BCUT2D eigenvalue weighted by Crippen LogP contribution is 2.23. The minimum Gasteiger partial charge on any atom is -0.487 e. The minimum atomic E-state index is 0.329. The summed E-state index contributed by atoms with van der Waals surface area (Å²) >= 11 is 12.1. The van der Waals surface area contributed by atoms with Crippen molar-refractivity contribution in [3.8, 4) is 11.4 Å². The molecule has 0 saturated carbocycles. The van der Waals surface area contributed by atoms with Gasteiger partial charge in [-0.25, -0.2) is 0 Å². The van der Waals surface area contributed by atoms with E-state index in [1.54, 1.807) is 18.2 Å². The Bertz CT molecular complexity index is 1030. The van der Waals surface area contributed by atoms with Gasteiger partial charge in [-0.15, -0.1) is 5.10 Å². The summed E-state index contributed by atoms with van der Waals surface area (Å²) in [6, 6.07) is 13.1. The Balaban J connectivity index is 1.55. The Morgan fingerprint density at radius 3 is 2.64 bits per heavy atom. The summed E-state index contributed by atoms with van der Waals surface area (Å²) in [7, 11) is 0. The first-order valence-electron chi connectivity index (χ1n) is 7.68. The molecule has 1 N–H and O–H groups in total. The van der Waals surface area contributed by atoms with E-state index in [1.807, 2.05) is 37.4 Å². The highest BCUT2D eigenvalue weighted by Gasteiger charge is 2.11. The normalized spacial score (nSPS) is 11.2. The van der Waals surface area contributed by atoms with Gasteiger partial charge in [0.25, 0.3) is 0 Å². The number of halogens is 2. The van der Waals surface area contributed by atoms with Crippen LogP contribution >= 0.6 is 23.2 Å². The molecule has 2 aromatic carbocycles. The summed E-state index contributed by atoms with van der Waals surface area (Å²) < 4.78 is 5.87. The molecular formula is C18H14Cl2N4O. The molecule has 126 valence electrons. The maximum absolute atomic E-state index is 6.05. The molecule has 0 radical (unpaired) electrons. The van der Waals surface area contributed by atoms with Gasteiger partial charge in [0.05, 0.1) is 11.4 Å². The summed E-state index contributed by atoms with van der Waals surface area (Å²) in [6.45, 7) is 2.22. The lowest BCUT2D eigenvalue weighted by atomic mass is 10.2. The van der Waals surface area contributed by atoms with Crippen molar-refractivity contribution in [1.29, 1.82) is 0 Å². The molecule has 0 atom stereocenters. The van der Waals surface area contributed by atoms with Crippen molar-refractivity contribution < 1.29 is 4.74 Å². The average Bonchev–Trinajstić information content (AvgIpc) is 3.18. The van der Waals surface area contributed by atoms with E-state index in [0.717, 1.165) is 28.0 Å². The van der Waals surface area contributed by atoms with Crippen molar-refractivity contribution in [3.05, 3.63) is 70.1 Å². The van der Waals surface area contributed by atoms with Crippen molar-refractivity contribution in [2.24, 2.45) is 0 Å². The van der Waals surface area contributed by atoms with Crippen LogP contribution in [0, 0.1) is 6.92 Å². The molecule has 4 aromatic rings. The van der Waals surface area contributed by atoms with Crippen molar-refractivity contribution in [3.63, 3.8) is 0 Å². The van der Waals surface area contributed by atoms with E-state index in [2.05, 4.69) is 15.2 Å². The molecule has 0 unspecified atom stereocenters. The highest BCUT2D eigenvalue weighted by atomic mass is 35.5. The number of fused-ring (bicyclic) bond motifs is 1. The number of aryl methyl sites for hydroxylation is 1. The number of aromatic amines is 1. The second-order valence-corrected chi connectivity index (χ2v) is 6.54. The molecule has 2 heterocycles.